The Morgan fingerprint density at radius 1 is 0.880 bits per heavy atom. The van der Waals surface area contributed by atoms with Crippen molar-refractivity contribution in [3.63, 3.8) is 0 Å². The molecule has 0 spiro atoms. The van der Waals surface area contributed by atoms with Gasteiger partial charge in [0.25, 0.3) is 0 Å². The first-order valence-electron chi connectivity index (χ1n) is 8.01. The summed E-state index contributed by atoms with van der Waals surface area (Å²) in [7, 11) is 0. The highest BCUT2D eigenvalue weighted by Gasteiger charge is 2.21. The van der Waals surface area contributed by atoms with Gasteiger partial charge in [0.05, 0.1) is 6.61 Å². The zero-order valence-corrected chi connectivity index (χ0v) is 15.5. The Morgan fingerprint density at radius 3 is 1.92 bits per heavy atom. The van der Waals surface area contributed by atoms with Gasteiger partial charge in [-0.15, -0.1) is 0 Å². The maximum absolute atomic E-state index is 11.5. The van der Waals surface area contributed by atoms with Crippen molar-refractivity contribution in [2.45, 2.75) is 48.0 Å². The lowest BCUT2D eigenvalue weighted by molar-refractivity contribution is -0.137. The first kappa shape index (κ1) is 20.4. The van der Waals surface area contributed by atoms with Crippen molar-refractivity contribution in [3.05, 3.63) is 34.4 Å². The minimum absolute atomic E-state index is 0.293. The molecule has 0 aromatic heterocycles. The quantitative estimate of drug-likeness (QED) is 0.446. The van der Waals surface area contributed by atoms with E-state index < -0.39 is 17.9 Å². The standard InChI is InChI=1S/C19H24O6/c1-7-23-17(22)10-8-9-16-13(4)18(24-14(5)20)11(2)12(3)19(16)25-15(6)21/h8,10H,7,9H2,1-6H3/b10-8+. The molecule has 0 amide bonds. The molecule has 6 heteroatoms. The molecule has 0 aliphatic rings. The molecular formula is C19H24O6. The van der Waals surface area contributed by atoms with Gasteiger partial charge in [-0.3, -0.25) is 9.59 Å². The van der Waals surface area contributed by atoms with Gasteiger partial charge in [0.1, 0.15) is 11.5 Å². The largest absolute Gasteiger partial charge is 0.463 e. The van der Waals surface area contributed by atoms with Crippen LogP contribution in [0.15, 0.2) is 12.2 Å². The van der Waals surface area contributed by atoms with E-state index in [-0.39, 0.29) is 0 Å². The van der Waals surface area contributed by atoms with Crippen LogP contribution in [0.3, 0.4) is 0 Å². The molecule has 0 aliphatic carbocycles. The molecule has 0 N–H and O–H groups in total. The number of carbonyl (C=O) groups excluding carboxylic acids is 3. The predicted molar refractivity (Wildman–Crippen MR) is 92.7 cm³/mol. The van der Waals surface area contributed by atoms with Gasteiger partial charge < -0.3 is 14.2 Å². The second-order valence-corrected chi connectivity index (χ2v) is 5.56. The van der Waals surface area contributed by atoms with Crippen LogP contribution in [0.25, 0.3) is 0 Å². The fourth-order valence-electron chi connectivity index (χ4n) is 2.44. The number of ether oxygens (including phenoxy) is 3. The minimum Gasteiger partial charge on any atom is -0.463 e. The van der Waals surface area contributed by atoms with Crippen molar-refractivity contribution in [3.8, 4) is 11.5 Å². The van der Waals surface area contributed by atoms with Gasteiger partial charge in [-0.25, -0.2) is 4.79 Å². The fraction of sp³-hybridized carbons (Fsp3) is 0.421. The van der Waals surface area contributed by atoms with E-state index in [2.05, 4.69) is 0 Å². The number of allylic oxidation sites excluding steroid dienone is 1. The number of hydrogen-bond acceptors (Lipinski definition) is 6. The zero-order valence-electron chi connectivity index (χ0n) is 15.5. The Bertz CT molecular complexity index is 715. The van der Waals surface area contributed by atoms with Crippen LogP contribution in [0.2, 0.25) is 0 Å². The second-order valence-electron chi connectivity index (χ2n) is 5.56. The van der Waals surface area contributed by atoms with E-state index in [4.69, 9.17) is 14.2 Å². The molecule has 1 aromatic carbocycles. The minimum atomic E-state index is -0.447. The van der Waals surface area contributed by atoms with E-state index in [1.54, 1.807) is 33.8 Å². The van der Waals surface area contributed by atoms with Gasteiger partial charge in [-0.1, -0.05) is 6.08 Å². The van der Waals surface area contributed by atoms with Crippen LogP contribution in [-0.4, -0.2) is 24.5 Å². The van der Waals surface area contributed by atoms with E-state index in [0.717, 1.165) is 5.56 Å². The molecule has 0 heterocycles. The molecule has 0 bridgehead atoms. The third-order valence-corrected chi connectivity index (χ3v) is 3.67. The number of hydrogen-bond donors (Lipinski definition) is 0. The van der Waals surface area contributed by atoms with E-state index in [9.17, 15) is 14.4 Å². The van der Waals surface area contributed by atoms with Crippen LogP contribution >= 0.6 is 0 Å². The molecule has 6 nitrogen and oxygen atoms in total. The van der Waals surface area contributed by atoms with Gasteiger partial charge >= 0.3 is 17.9 Å². The molecule has 0 aliphatic heterocycles. The Labute approximate surface area is 147 Å². The molecule has 25 heavy (non-hydrogen) atoms. The van der Waals surface area contributed by atoms with Gasteiger partial charge in [0.15, 0.2) is 0 Å². The number of rotatable bonds is 6. The number of esters is 3. The Morgan fingerprint density at radius 2 is 1.40 bits per heavy atom. The highest BCUT2D eigenvalue weighted by Crippen LogP contribution is 2.38. The Balaban J connectivity index is 3.38. The third-order valence-electron chi connectivity index (χ3n) is 3.67. The van der Waals surface area contributed by atoms with E-state index in [1.807, 2.05) is 0 Å². The van der Waals surface area contributed by atoms with Gasteiger partial charge in [0.2, 0.25) is 0 Å². The van der Waals surface area contributed by atoms with Gasteiger partial charge in [0, 0.05) is 25.5 Å². The second kappa shape index (κ2) is 9.01. The molecule has 0 unspecified atom stereocenters. The molecular weight excluding hydrogens is 324 g/mol. The summed E-state index contributed by atoms with van der Waals surface area (Å²) in [5.74, 6) is -0.456. The lowest BCUT2D eigenvalue weighted by Gasteiger charge is -2.20. The predicted octanol–water partition coefficient (Wildman–Crippen LogP) is 3.12. The van der Waals surface area contributed by atoms with Crippen LogP contribution in [0.1, 0.15) is 43.0 Å². The summed E-state index contributed by atoms with van der Waals surface area (Å²) >= 11 is 0. The van der Waals surface area contributed by atoms with Crippen LogP contribution in [-0.2, 0) is 25.5 Å². The highest BCUT2D eigenvalue weighted by molar-refractivity contribution is 5.82. The van der Waals surface area contributed by atoms with Crippen molar-refractivity contribution in [1.82, 2.24) is 0 Å². The average Bonchev–Trinajstić information content (AvgIpc) is 2.51. The topological polar surface area (TPSA) is 78.9 Å². The normalized spacial score (nSPS) is 10.6. The lowest BCUT2D eigenvalue weighted by Crippen LogP contribution is -2.12. The number of benzene rings is 1. The Kier molecular flexibility index (Phi) is 7.36. The van der Waals surface area contributed by atoms with Crippen molar-refractivity contribution in [2.24, 2.45) is 0 Å². The molecule has 0 radical (unpaired) electrons. The molecule has 0 fully saturated rings. The Hall–Kier alpha value is -2.63. The molecule has 1 rings (SSSR count). The number of carbonyl (C=O) groups is 3. The summed E-state index contributed by atoms with van der Waals surface area (Å²) < 4.78 is 15.5. The SMILES string of the molecule is CCOC(=O)/C=C/Cc1c(C)c(OC(C)=O)c(C)c(C)c1OC(C)=O. The fourth-order valence-corrected chi connectivity index (χ4v) is 2.44. The summed E-state index contributed by atoms with van der Waals surface area (Å²) in [5.41, 5.74) is 2.79. The summed E-state index contributed by atoms with van der Waals surface area (Å²) in [6.07, 6.45) is 3.27. The van der Waals surface area contributed by atoms with Gasteiger partial charge in [-0.2, -0.15) is 0 Å². The van der Waals surface area contributed by atoms with Crippen LogP contribution in [0.5, 0.6) is 11.5 Å². The van der Waals surface area contributed by atoms with Crippen molar-refractivity contribution >= 4 is 17.9 Å². The zero-order chi connectivity index (χ0) is 19.1. The van der Waals surface area contributed by atoms with Crippen molar-refractivity contribution in [1.29, 1.82) is 0 Å². The van der Waals surface area contributed by atoms with Crippen molar-refractivity contribution < 1.29 is 28.6 Å². The first-order chi connectivity index (χ1) is 11.7. The highest BCUT2D eigenvalue weighted by atomic mass is 16.5. The van der Waals surface area contributed by atoms with Crippen LogP contribution in [0.4, 0.5) is 0 Å². The summed E-state index contributed by atoms with van der Waals surface area (Å²) in [4.78, 5) is 34.3. The molecule has 0 saturated carbocycles. The molecule has 136 valence electrons. The monoisotopic (exact) mass is 348 g/mol. The van der Waals surface area contributed by atoms with Crippen LogP contribution in [0, 0.1) is 20.8 Å². The maximum Gasteiger partial charge on any atom is 0.330 e. The summed E-state index contributed by atoms with van der Waals surface area (Å²) in [5, 5.41) is 0. The van der Waals surface area contributed by atoms with Gasteiger partial charge in [-0.05, 0) is 50.8 Å². The summed E-state index contributed by atoms with van der Waals surface area (Å²) in [6, 6.07) is 0. The van der Waals surface area contributed by atoms with E-state index >= 15 is 0 Å². The lowest BCUT2D eigenvalue weighted by atomic mass is 9.95. The molecule has 0 saturated heterocycles. The summed E-state index contributed by atoms with van der Waals surface area (Å²) in [6.45, 7) is 10.0. The first-order valence-corrected chi connectivity index (χ1v) is 8.01. The van der Waals surface area contributed by atoms with E-state index in [0.29, 0.717) is 41.2 Å². The average molecular weight is 348 g/mol. The third kappa shape index (κ3) is 5.45. The van der Waals surface area contributed by atoms with E-state index in [1.165, 1.54) is 19.9 Å². The molecule has 0 atom stereocenters. The maximum atomic E-state index is 11.5. The van der Waals surface area contributed by atoms with Crippen LogP contribution < -0.4 is 9.47 Å². The molecule has 1 aromatic rings. The smallest absolute Gasteiger partial charge is 0.330 e. The van der Waals surface area contributed by atoms with Crippen molar-refractivity contribution in [2.75, 3.05) is 6.61 Å².